The lowest BCUT2D eigenvalue weighted by molar-refractivity contribution is -0.139. The topological polar surface area (TPSA) is 93.5 Å². The van der Waals surface area contributed by atoms with Crippen LogP contribution in [0.5, 0.6) is 0 Å². The molecule has 2 N–H and O–H groups in total. The molecule has 0 saturated carbocycles. The van der Waals surface area contributed by atoms with Crippen molar-refractivity contribution in [3.8, 4) is 0 Å². The van der Waals surface area contributed by atoms with Gasteiger partial charge in [-0.05, 0) is 37.6 Å². The summed E-state index contributed by atoms with van der Waals surface area (Å²) < 4.78 is 6.75. The fourth-order valence-corrected chi connectivity index (χ4v) is 2.55. The summed E-state index contributed by atoms with van der Waals surface area (Å²) in [5.74, 6) is -1.50. The van der Waals surface area contributed by atoms with Crippen molar-refractivity contribution in [2.24, 2.45) is 0 Å². The number of carboxylic acid groups (broad SMARTS) is 1. The predicted molar refractivity (Wildman–Crippen MR) is 92.6 cm³/mol. The first-order valence-corrected chi connectivity index (χ1v) is 8.03. The molecule has 0 aliphatic heterocycles. The first kappa shape index (κ1) is 18.7. The van der Waals surface area contributed by atoms with E-state index in [0.717, 1.165) is 17.0 Å². The SMILES string of the molecule is COCCC(NC(=O)c1cccc(Cn2nc(C)cc2C)c1)C(=O)O. The average Bonchev–Trinajstić information content (AvgIpc) is 2.88. The first-order valence-electron chi connectivity index (χ1n) is 8.03. The standard InChI is InChI=1S/C18H23N3O4/c1-12-9-13(2)21(20-12)11-14-5-4-6-15(10-14)17(22)19-16(18(23)24)7-8-25-3/h4-6,9-10,16H,7-8,11H2,1-3H3,(H,19,22)(H,23,24). The van der Waals surface area contributed by atoms with Crippen LogP contribution in [0.3, 0.4) is 0 Å². The van der Waals surface area contributed by atoms with Crippen LogP contribution in [0, 0.1) is 13.8 Å². The van der Waals surface area contributed by atoms with Crippen molar-refractivity contribution in [1.82, 2.24) is 15.1 Å². The van der Waals surface area contributed by atoms with E-state index >= 15 is 0 Å². The summed E-state index contributed by atoms with van der Waals surface area (Å²) in [6, 6.07) is 8.11. The Kier molecular flexibility index (Phi) is 6.30. The molecule has 7 nitrogen and oxygen atoms in total. The molecule has 2 aromatic rings. The summed E-state index contributed by atoms with van der Waals surface area (Å²) in [5, 5.41) is 16.1. The van der Waals surface area contributed by atoms with E-state index < -0.39 is 17.9 Å². The molecule has 1 unspecified atom stereocenters. The van der Waals surface area contributed by atoms with E-state index in [4.69, 9.17) is 4.74 Å². The zero-order chi connectivity index (χ0) is 18.4. The zero-order valence-electron chi connectivity index (χ0n) is 14.7. The fourth-order valence-electron chi connectivity index (χ4n) is 2.55. The van der Waals surface area contributed by atoms with Gasteiger partial charge in [0.1, 0.15) is 6.04 Å². The van der Waals surface area contributed by atoms with Gasteiger partial charge in [0.15, 0.2) is 0 Å². The summed E-state index contributed by atoms with van der Waals surface area (Å²) in [6.07, 6.45) is 0.211. The van der Waals surface area contributed by atoms with Gasteiger partial charge in [0.25, 0.3) is 5.91 Å². The number of benzene rings is 1. The molecule has 25 heavy (non-hydrogen) atoms. The number of nitrogens with zero attached hydrogens (tertiary/aromatic N) is 2. The molecule has 7 heteroatoms. The van der Waals surface area contributed by atoms with Crippen LogP contribution >= 0.6 is 0 Å². The third-order valence-electron chi connectivity index (χ3n) is 3.84. The number of hydrogen-bond acceptors (Lipinski definition) is 4. The van der Waals surface area contributed by atoms with Gasteiger partial charge in [-0.1, -0.05) is 12.1 Å². The molecule has 1 amide bonds. The molecule has 134 valence electrons. The molecule has 0 aliphatic rings. The van der Waals surface area contributed by atoms with Gasteiger partial charge >= 0.3 is 5.97 Å². The Morgan fingerprint density at radius 1 is 1.32 bits per heavy atom. The molecular formula is C18H23N3O4. The van der Waals surface area contributed by atoms with Gasteiger partial charge in [-0.25, -0.2) is 4.79 Å². The number of carbonyl (C=O) groups is 2. The fraction of sp³-hybridized carbons (Fsp3) is 0.389. The Morgan fingerprint density at radius 2 is 2.08 bits per heavy atom. The lowest BCUT2D eigenvalue weighted by Gasteiger charge is -2.14. The Bertz CT molecular complexity index is 755. The Morgan fingerprint density at radius 3 is 2.68 bits per heavy atom. The van der Waals surface area contributed by atoms with Crippen LogP contribution in [0.4, 0.5) is 0 Å². The van der Waals surface area contributed by atoms with Gasteiger partial charge < -0.3 is 15.2 Å². The van der Waals surface area contributed by atoms with E-state index in [9.17, 15) is 14.7 Å². The maximum absolute atomic E-state index is 12.4. The molecule has 0 bridgehead atoms. The second kappa shape index (κ2) is 8.43. The highest BCUT2D eigenvalue weighted by Gasteiger charge is 2.20. The first-order chi connectivity index (χ1) is 11.9. The summed E-state index contributed by atoms with van der Waals surface area (Å²) >= 11 is 0. The van der Waals surface area contributed by atoms with Crippen LogP contribution < -0.4 is 5.32 Å². The number of aromatic nitrogens is 2. The molecule has 0 fully saturated rings. The second-order valence-corrected chi connectivity index (χ2v) is 5.93. The molecule has 2 rings (SSSR count). The van der Waals surface area contributed by atoms with Crippen LogP contribution in [-0.4, -0.2) is 46.5 Å². The van der Waals surface area contributed by atoms with E-state index in [1.54, 1.807) is 18.2 Å². The van der Waals surface area contributed by atoms with Crippen molar-refractivity contribution >= 4 is 11.9 Å². The monoisotopic (exact) mass is 345 g/mol. The summed E-state index contributed by atoms with van der Waals surface area (Å²) in [5.41, 5.74) is 3.32. The predicted octanol–water partition coefficient (Wildman–Crippen LogP) is 1.77. The number of carbonyl (C=O) groups excluding carboxylic acids is 1. The van der Waals surface area contributed by atoms with E-state index in [2.05, 4.69) is 10.4 Å². The minimum Gasteiger partial charge on any atom is -0.480 e. The number of aliphatic carboxylic acids is 1. The van der Waals surface area contributed by atoms with Crippen molar-refractivity contribution in [3.63, 3.8) is 0 Å². The molecule has 0 spiro atoms. The molecule has 0 radical (unpaired) electrons. The maximum Gasteiger partial charge on any atom is 0.326 e. The number of methoxy groups -OCH3 is 1. The van der Waals surface area contributed by atoms with Gasteiger partial charge in [0.2, 0.25) is 0 Å². The average molecular weight is 345 g/mol. The highest BCUT2D eigenvalue weighted by atomic mass is 16.5. The van der Waals surface area contributed by atoms with Crippen LogP contribution in [-0.2, 0) is 16.1 Å². The molecule has 1 heterocycles. The van der Waals surface area contributed by atoms with Gasteiger partial charge in [-0.3, -0.25) is 9.48 Å². The lowest BCUT2D eigenvalue weighted by Crippen LogP contribution is -2.41. The Balaban J connectivity index is 2.10. The molecule has 1 aromatic heterocycles. The molecule has 0 aliphatic carbocycles. The Hall–Kier alpha value is -2.67. The van der Waals surface area contributed by atoms with Crippen molar-refractivity contribution in [2.75, 3.05) is 13.7 Å². The lowest BCUT2D eigenvalue weighted by atomic mass is 10.1. The number of aryl methyl sites for hydroxylation is 2. The number of carboxylic acids is 1. The summed E-state index contributed by atoms with van der Waals surface area (Å²) in [6.45, 7) is 4.71. The third kappa shape index (κ3) is 5.15. The van der Waals surface area contributed by atoms with Crippen molar-refractivity contribution in [3.05, 3.63) is 52.8 Å². The van der Waals surface area contributed by atoms with Crippen molar-refractivity contribution in [1.29, 1.82) is 0 Å². The number of rotatable bonds is 8. The number of hydrogen-bond donors (Lipinski definition) is 2. The number of ether oxygens (including phenoxy) is 1. The van der Waals surface area contributed by atoms with E-state index in [1.165, 1.54) is 7.11 Å². The summed E-state index contributed by atoms with van der Waals surface area (Å²) in [4.78, 5) is 23.6. The van der Waals surface area contributed by atoms with Gasteiger partial charge in [0.05, 0.1) is 12.2 Å². The van der Waals surface area contributed by atoms with Gasteiger partial charge in [0, 0.05) is 31.4 Å². The van der Waals surface area contributed by atoms with Gasteiger partial charge in [-0.2, -0.15) is 5.10 Å². The van der Waals surface area contributed by atoms with Crippen LogP contribution in [0.2, 0.25) is 0 Å². The van der Waals surface area contributed by atoms with Gasteiger partial charge in [-0.15, -0.1) is 0 Å². The van der Waals surface area contributed by atoms with Crippen LogP contribution in [0.1, 0.15) is 33.7 Å². The highest BCUT2D eigenvalue weighted by molar-refractivity contribution is 5.96. The van der Waals surface area contributed by atoms with Crippen LogP contribution in [0.15, 0.2) is 30.3 Å². The van der Waals surface area contributed by atoms with Crippen molar-refractivity contribution < 1.29 is 19.4 Å². The van der Waals surface area contributed by atoms with Crippen LogP contribution in [0.25, 0.3) is 0 Å². The minimum atomic E-state index is -1.08. The summed E-state index contributed by atoms with van der Waals surface area (Å²) in [7, 11) is 1.49. The number of amides is 1. The molecular weight excluding hydrogens is 322 g/mol. The molecule has 0 saturated heterocycles. The van der Waals surface area contributed by atoms with Crippen molar-refractivity contribution in [2.45, 2.75) is 32.9 Å². The second-order valence-electron chi connectivity index (χ2n) is 5.93. The van der Waals surface area contributed by atoms with E-state index in [0.29, 0.717) is 12.1 Å². The third-order valence-corrected chi connectivity index (χ3v) is 3.84. The minimum absolute atomic E-state index is 0.211. The Labute approximate surface area is 146 Å². The smallest absolute Gasteiger partial charge is 0.326 e. The zero-order valence-corrected chi connectivity index (χ0v) is 14.7. The molecule has 1 aromatic carbocycles. The van der Waals surface area contributed by atoms with E-state index in [-0.39, 0.29) is 13.0 Å². The number of nitrogens with one attached hydrogen (secondary N) is 1. The van der Waals surface area contributed by atoms with E-state index in [1.807, 2.05) is 30.7 Å². The largest absolute Gasteiger partial charge is 0.480 e. The normalized spacial score (nSPS) is 12.0. The molecule has 1 atom stereocenters. The highest BCUT2D eigenvalue weighted by Crippen LogP contribution is 2.10. The maximum atomic E-state index is 12.4. The quantitative estimate of drug-likeness (QED) is 0.760.